The van der Waals surface area contributed by atoms with Gasteiger partial charge in [-0.1, -0.05) is 0 Å². The maximum absolute atomic E-state index is 12.9. The van der Waals surface area contributed by atoms with Crippen LogP contribution in [0.5, 0.6) is 0 Å². The van der Waals surface area contributed by atoms with Gasteiger partial charge in [-0.15, -0.1) is 0 Å². The zero-order valence-corrected chi connectivity index (χ0v) is 14.6. The van der Waals surface area contributed by atoms with E-state index in [0.29, 0.717) is 18.7 Å². The van der Waals surface area contributed by atoms with Crippen molar-refractivity contribution in [3.63, 3.8) is 0 Å². The average molecular weight is 331 g/mol. The molecule has 0 N–H and O–H groups in total. The molecule has 0 radical (unpaired) electrons. The molecule has 0 aromatic carbocycles. The molecule has 0 saturated carbocycles. The SMILES string of the molecule is CC(C)N1CCC[C@@]2(CCN(C(=O)c3ccc(=O)n(C)c3)C2)C1=O. The lowest BCUT2D eigenvalue weighted by molar-refractivity contribution is -0.147. The summed E-state index contributed by atoms with van der Waals surface area (Å²) in [5.41, 5.74) is -0.0589. The van der Waals surface area contributed by atoms with Crippen LogP contribution in [0.15, 0.2) is 23.1 Å². The summed E-state index contributed by atoms with van der Waals surface area (Å²) in [5, 5.41) is 0. The van der Waals surface area contributed by atoms with Gasteiger partial charge < -0.3 is 14.4 Å². The first-order chi connectivity index (χ1) is 11.3. The van der Waals surface area contributed by atoms with E-state index in [1.165, 1.54) is 10.6 Å². The highest BCUT2D eigenvalue weighted by Gasteiger charge is 2.49. The highest BCUT2D eigenvalue weighted by atomic mass is 16.2. The van der Waals surface area contributed by atoms with Gasteiger partial charge in [-0.2, -0.15) is 0 Å². The summed E-state index contributed by atoms with van der Waals surface area (Å²) in [7, 11) is 1.63. The van der Waals surface area contributed by atoms with Crippen molar-refractivity contribution in [2.75, 3.05) is 19.6 Å². The van der Waals surface area contributed by atoms with Crippen molar-refractivity contribution in [1.82, 2.24) is 14.4 Å². The molecule has 24 heavy (non-hydrogen) atoms. The number of pyridine rings is 1. The van der Waals surface area contributed by atoms with Crippen LogP contribution in [0.1, 0.15) is 43.5 Å². The molecule has 0 unspecified atom stereocenters. The van der Waals surface area contributed by atoms with E-state index in [1.54, 1.807) is 24.2 Å². The van der Waals surface area contributed by atoms with Crippen molar-refractivity contribution in [1.29, 1.82) is 0 Å². The second-order valence-corrected chi connectivity index (χ2v) is 7.32. The van der Waals surface area contributed by atoms with Crippen LogP contribution in [0.2, 0.25) is 0 Å². The Labute approximate surface area is 142 Å². The van der Waals surface area contributed by atoms with E-state index < -0.39 is 5.41 Å². The minimum absolute atomic E-state index is 0.100. The Morgan fingerprint density at radius 1 is 1.17 bits per heavy atom. The number of carbonyl (C=O) groups excluding carboxylic acids is 2. The van der Waals surface area contributed by atoms with Crippen LogP contribution in [0.25, 0.3) is 0 Å². The van der Waals surface area contributed by atoms with Crippen LogP contribution in [0.4, 0.5) is 0 Å². The zero-order chi connectivity index (χ0) is 17.5. The van der Waals surface area contributed by atoms with E-state index in [0.717, 1.165) is 25.8 Å². The van der Waals surface area contributed by atoms with Crippen LogP contribution >= 0.6 is 0 Å². The Morgan fingerprint density at radius 3 is 2.58 bits per heavy atom. The average Bonchev–Trinajstić information content (AvgIpc) is 2.97. The molecule has 6 heteroatoms. The number of aromatic nitrogens is 1. The van der Waals surface area contributed by atoms with Crippen LogP contribution in [0, 0.1) is 5.41 Å². The molecule has 3 heterocycles. The second kappa shape index (κ2) is 6.07. The lowest BCUT2D eigenvalue weighted by Gasteiger charge is -2.41. The fourth-order valence-corrected chi connectivity index (χ4v) is 3.92. The molecule has 1 atom stereocenters. The Hall–Kier alpha value is -2.11. The van der Waals surface area contributed by atoms with Gasteiger partial charge in [-0.25, -0.2) is 0 Å². The van der Waals surface area contributed by atoms with E-state index in [2.05, 4.69) is 0 Å². The number of nitrogens with zero attached hydrogens (tertiary/aromatic N) is 3. The Kier molecular flexibility index (Phi) is 4.24. The third-order valence-corrected chi connectivity index (χ3v) is 5.37. The predicted octanol–water partition coefficient (Wildman–Crippen LogP) is 1.25. The minimum atomic E-state index is -0.418. The molecule has 6 nitrogen and oxygen atoms in total. The van der Waals surface area contributed by atoms with E-state index in [1.807, 2.05) is 18.7 Å². The summed E-state index contributed by atoms with van der Waals surface area (Å²) in [4.78, 5) is 40.9. The summed E-state index contributed by atoms with van der Waals surface area (Å²) in [6.07, 6.45) is 4.14. The maximum Gasteiger partial charge on any atom is 0.255 e. The topological polar surface area (TPSA) is 62.6 Å². The fourth-order valence-electron chi connectivity index (χ4n) is 3.92. The van der Waals surface area contributed by atoms with Gasteiger partial charge in [0.15, 0.2) is 0 Å². The van der Waals surface area contributed by atoms with Gasteiger partial charge in [0, 0.05) is 45.0 Å². The lowest BCUT2D eigenvalue weighted by atomic mass is 9.78. The largest absolute Gasteiger partial charge is 0.340 e. The maximum atomic E-state index is 12.9. The molecule has 2 amide bonds. The predicted molar refractivity (Wildman–Crippen MR) is 90.7 cm³/mol. The molecule has 1 spiro atoms. The highest BCUT2D eigenvalue weighted by Crippen LogP contribution is 2.41. The molecular weight excluding hydrogens is 306 g/mol. The first kappa shape index (κ1) is 16.7. The standard InChI is InChI=1S/C18H25N3O3/c1-13(2)21-9-4-7-18(17(21)24)8-10-20(12-18)16(23)14-5-6-15(22)19(3)11-14/h5-6,11,13H,4,7-10,12H2,1-3H3/t18-/m0/s1. The van der Waals surface area contributed by atoms with Crippen molar-refractivity contribution in [2.45, 2.75) is 39.2 Å². The quantitative estimate of drug-likeness (QED) is 0.819. The molecule has 0 aliphatic carbocycles. The number of amides is 2. The van der Waals surface area contributed by atoms with Crippen LogP contribution in [-0.4, -0.2) is 51.9 Å². The van der Waals surface area contributed by atoms with Gasteiger partial charge in [0.1, 0.15) is 0 Å². The summed E-state index contributed by atoms with van der Waals surface area (Å²) < 4.78 is 1.41. The first-order valence-electron chi connectivity index (χ1n) is 8.61. The summed E-state index contributed by atoms with van der Waals surface area (Å²) in [5.74, 6) is 0.0939. The number of carbonyl (C=O) groups is 2. The number of rotatable bonds is 2. The molecule has 0 bridgehead atoms. The molecule has 2 fully saturated rings. The molecule has 3 rings (SSSR count). The summed E-state index contributed by atoms with van der Waals surface area (Å²) in [6.45, 7) is 5.97. The molecule has 2 saturated heterocycles. The van der Waals surface area contributed by atoms with E-state index >= 15 is 0 Å². The zero-order valence-electron chi connectivity index (χ0n) is 14.6. The van der Waals surface area contributed by atoms with Gasteiger partial charge >= 0.3 is 0 Å². The number of hydrogen-bond acceptors (Lipinski definition) is 3. The molecule has 1 aromatic heterocycles. The molecular formula is C18H25N3O3. The van der Waals surface area contributed by atoms with Gasteiger partial charge in [-0.05, 0) is 39.2 Å². The fraction of sp³-hybridized carbons (Fsp3) is 0.611. The summed E-state index contributed by atoms with van der Waals surface area (Å²) in [6, 6.07) is 3.17. The van der Waals surface area contributed by atoms with Gasteiger partial charge in [-0.3, -0.25) is 14.4 Å². The third-order valence-electron chi connectivity index (χ3n) is 5.37. The van der Waals surface area contributed by atoms with Gasteiger partial charge in [0.2, 0.25) is 11.5 Å². The summed E-state index contributed by atoms with van der Waals surface area (Å²) >= 11 is 0. The Bertz CT molecular complexity index is 724. The molecule has 1 aromatic rings. The van der Waals surface area contributed by atoms with Crippen molar-refractivity contribution in [3.8, 4) is 0 Å². The molecule has 2 aliphatic heterocycles. The van der Waals surface area contributed by atoms with E-state index in [-0.39, 0.29) is 23.4 Å². The van der Waals surface area contributed by atoms with Gasteiger partial charge in [0.25, 0.3) is 5.91 Å². The van der Waals surface area contributed by atoms with E-state index in [9.17, 15) is 14.4 Å². The monoisotopic (exact) mass is 331 g/mol. The second-order valence-electron chi connectivity index (χ2n) is 7.32. The van der Waals surface area contributed by atoms with Crippen molar-refractivity contribution >= 4 is 11.8 Å². The number of aryl methyl sites for hydroxylation is 1. The first-order valence-corrected chi connectivity index (χ1v) is 8.61. The highest BCUT2D eigenvalue weighted by molar-refractivity contribution is 5.95. The smallest absolute Gasteiger partial charge is 0.255 e. The molecule has 130 valence electrons. The van der Waals surface area contributed by atoms with E-state index in [4.69, 9.17) is 0 Å². The van der Waals surface area contributed by atoms with Crippen molar-refractivity contribution < 1.29 is 9.59 Å². The number of piperidine rings is 1. The van der Waals surface area contributed by atoms with Crippen LogP contribution in [0.3, 0.4) is 0 Å². The van der Waals surface area contributed by atoms with Crippen molar-refractivity contribution in [2.24, 2.45) is 12.5 Å². The normalized spacial score (nSPS) is 24.2. The van der Waals surface area contributed by atoms with Crippen molar-refractivity contribution in [3.05, 3.63) is 34.2 Å². The Morgan fingerprint density at radius 2 is 1.92 bits per heavy atom. The number of hydrogen-bond donors (Lipinski definition) is 0. The minimum Gasteiger partial charge on any atom is -0.340 e. The number of likely N-dealkylation sites (tertiary alicyclic amines) is 2. The van der Waals surface area contributed by atoms with Gasteiger partial charge in [0.05, 0.1) is 11.0 Å². The molecule has 2 aliphatic rings. The third kappa shape index (κ3) is 2.74. The Balaban J connectivity index is 1.79. The lowest BCUT2D eigenvalue weighted by Crippen LogP contribution is -2.52. The van der Waals surface area contributed by atoms with Crippen LogP contribution < -0.4 is 5.56 Å². The van der Waals surface area contributed by atoms with Crippen LogP contribution in [-0.2, 0) is 11.8 Å².